The summed E-state index contributed by atoms with van der Waals surface area (Å²) in [5, 5.41) is 13.5. The lowest BCUT2D eigenvalue weighted by Crippen LogP contribution is -2.32. The second-order valence-electron chi connectivity index (χ2n) is 6.06. The number of fused-ring (bicyclic) bond motifs is 1. The third-order valence-electron chi connectivity index (χ3n) is 3.83. The summed E-state index contributed by atoms with van der Waals surface area (Å²) in [6.07, 6.45) is 0. The van der Waals surface area contributed by atoms with Crippen LogP contribution < -0.4 is 10.9 Å². The average molecular weight is 371 g/mol. The largest absolute Gasteiger partial charge is 0.478 e. The first-order chi connectivity index (χ1) is 12.4. The number of anilines is 1. The number of carbonyl (C=O) groups excluding carboxylic acids is 1. The van der Waals surface area contributed by atoms with E-state index in [-0.39, 0.29) is 29.3 Å². The smallest absolute Gasteiger partial charge is 0.337 e. The van der Waals surface area contributed by atoms with Gasteiger partial charge in [0.25, 0.3) is 5.56 Å². The van der Waals surface area contributed by atoms with E-state index < -0.39 is 11.5 Å². The molecule has 1 amide bonds. The van der Waals surface area contributed by atoms with Crippen LogP contribution in [0.5, 0.6) is 0 Å². The Morgan fingerprint density at radius 2 is 1.96 bits per heavy atom. The normalized spacial score (nSPS) is 11.0. The van der Waals surface area contributed by atoms with Crippen LogP contribution in [-0.4, -0.2) is 26.5 Å². The molecule has 3 aromatic rings. The number of rotatable bonds is 5. The van der Waals surface area contributed by atoms with Crippen molar-refractivity contribution in [3.63, 3.8) is 0 Å². The second kappa shape index (κ2) is 7.09. The topological polar surface area (TPSA) is 101 Å². The molecule has 0 aliphatic rings. The van der Waals surface area contributed by atoms with Gasteiger partial charge < -0.3 is 10.4 Å². The number of aromatic nitrogens is 2. The Balaban J connectivity index is 2.05. The van der Waals surface area contributed by atoms with E-state index in [0.29, 0.717) is 16.3 Å². The van der Waals surface area contributed by atoms with E-state index in [4.69, 9.17) is 0 Å². The van der Waals surface area contributed by atoms with Gasteiger partial charge in [0, 0.05) is 17.0 Å². The molecule has 0 aliphatic heterocycles. The van der Waals surface area contributed by atoms with E-state index in [9.17, 15) is 19.5 Å². The van der Waals surface area contributed by atoms with Gasteiger partial charge in [-0.05, 0) is 12.1 Å². The minimum absolute atomic E-state index is 0.0411. The molecule has 3 rings (SSSR count). The highest BCUT2D eigenvalue weighted by Gasteiger charge is 2.21. The molecule has 2 aromatic heterocycles. The maximum atomic E-state index is 12.9. The fourth-order valence-electron chi connectivity index (χ4n) is 2.66. The molecular weight excluding hydrogens is 354 g/mol. The van der Waals surface area contributed by atoms with Crippen LogP contribution in [0.2, 0.25) is 0 Å². The lowest BCUT2D eigenvalue weighted by atomic mass is 10.2. The predicted molar refractivity (Wildman–Crippen MR) is 100 cm³/mol. The van der Waals surface area contributed by atoms with Crippen molar-refractivity contribution in [1.29, 1.82) is 0 Å². The number of aromatic carboxylic acids is 1. The van der Waals surface area contributed by atoms with Crippen molar-refractivity contribution >= 4 is 39.1 Å². The van der Waals surface area contributed by atoms with Crippen LogP contribution in [0.4, 0.5) is 5.69 Å². The molecule has 0 saturated carbocycles. The maximum absolute atomic E-state index is 12.9. The van der Waals surface area contributed by atoms with Crippen LogP contribution in [0.25, 0.3) is 10.2 Å². The van der Waals surface area contributed by atoms with Gasteiger partial charge in [-0.1, -0.05) is 32.0 Å². The number of hydrogen-bond acceptors (Lipinski definition) is 5. The molecule has 0 fully saturated rings. The van der Waals surface area contributed by atoms with E-state index in [0.717, 1.165) is 11.3 Å². The summed E-state index contributed by atoms with van der Waals surface area (Å²) in [6, 6.07) is 8.90. The number of benzene rings is 1. The molecule has 0 radical (unpaired) electrons. The van der Waals surface area contributed by atoms with Gasteiger partial charge >= 0.3 is 5.97 Å². The van der Waals surface area contributed by atoms with Gasteiger partial charge in [0.05, 0.1) is 10.9 Å². The van der Waals surface area contributed by atoms with Crippen molar-refractivity contribution in [1.82, 2.24) is 9.55 Å². The molecule has 2 heterocycles. The van der Waals surface area contributed by atoms with Crippen molar-refractivity contribution < 1.29 is 14.7 Å². The number of hydrogen-bond donors (Lipinski definition) is 2. The average Bonchev–Trinajstić information content (AvgIpc) is 3.02. The molecule has 0 saturated heterocycles. The molecule has 0 atom stereocenters. The Bertz CT molecular complexity index is 1040. The van der Waals surface area contributed by atoms with Crippen LogP contribution in [0.3, 0.4) is 0 Å². The number of nitrogens with zero attached hydrogens (tertiary/aromatic N) is 2. The molecular formula is C18H17N3O4S. The van der Waals surface area contributed by atoms with Gasteiger partial charge in [0.1, 0.15) is 17.2 Å². The molecule has 7 nitrogen and oxygen atoms in total. The summed E-state index contributed by atoms with van der Waals surface area (Å²) < 4.78 is 1.25. The first kappa shape index (κ1) is 17.8. The third kappa shape index (κ3) is 3.36. The molecule has 1 aromatic carbocycles. The van der Waals surface area contributed by atoms with Gasteiger partial charge in [0.15, 0.2) is 0 Å². The lowest BCUT2D eigenvalue weighted by molar-refractivity contribution is -0.116. The van der Waals surface area contributed by atoms with Crippen molar-refractivity contribution in [3.05, 3.63) is 57.5 Å². The SMILES string of the molecule is CC(C)c1nc2scc(C(=O)O)c2c(=O)n1CC(=O)Nc1ccccc1. The summed E-state index contributed by atoms with van der Waals surface area (Å²) >= 11 is 1.11. The minimum Gasteiger partial charge on any atom is -0.478 e. The number of carboxylic acid groups (broad SMARTS) is 1. The molecule has 0 aliphatic carbocycles. The zero-order chi connectivity index (χ0) is 18.8. The van der Waals surface area contributed by atoms with Gasteiger partial charge in [-0.15, -0.1) is 11.3 Å². The molecule has 0 unspecified atom stereocenters. The number of para-hydroxylation sites is 1. The Hall–Kier alpha value is -3.00. The van der Waals surface area contributed by atoms with Crippen LogP contribution >= 0.6 is 11.3 Å². The van der Waals surface area contributed by atoms with Crippen LogP contribution in [0, 0.1) is 0 Å². The van der Waals surface area contributed by atoms with Crippen molar-refractivity contribution in [2.45, 2.75) is 26.3 Å². The van der Waals surface area contributed by atoms with Gasteiger partial charge in [-0.25, -0.2) is 9.78 Å². The molecule has 0 spiro atoms. The third-order valence-corrected chi connectivity index (χ3v) is 4.70. The van der Waals surface area contributed by atoms with E-state index in [1.807, 2.05) is 19.9 Å². The summed E-state index contributed by atoms with van der Waals surface area (Å²) in [5.41, 5.74) is 0.0167. The summed E-state index contributed by atoms with van der Waals surface area (Å²) in [6.45, 7) is 3.49. The Labute approximate surface area is 152 Å². The monoisotopic (exact) mass is 371 g/mol. The fraction of sp³-hybridized carbons (Fsp3) is 0.222. The number of thiophene rings is 1. The van der Waals surface area contributed by atoms with Crippen molar-refractivity contribution in [2.75, 3.05) is 5.32 Å². The summed E-state index contributed by atoms with van der Waals surface area (Å²) in [5.74, 6) is -1.22. The summed E-state index contributed by atoms with van der Waals surface area (Å²) in [7, 11) is 0. The Morgan fingerprint density at radius 3 is 2.58 bits per heavy atom. The van der Waals surface area contributed by atoms with E-state index in [1.54, 1.807) is 24.3 Å². The Morgan fingerprint density at radius 1 is 1.27 bits per heavy atom. The highest BCUT2D eigenvalue weighted by atomic mass is 32.1. The summed E-state index contributed by atoms with van der Waals surface area (Å²) in [4.78, 5) is 41.5. The zero-order valence-electron chi connectivity index (χ0n) is 14.2. The standard InChI is InChI=1S/C18H17N3O4S/c1-10(2)15-20-16-14(12(9-26-16)18(24)25)17(23)21(15)8-13(22)19-11-6-4-3-5-7-11/h3-7,9-10H,8H2,1-2H3,(H,19,22)(H,24,25). The molecule has 26 heavy (non-hydrogen) atoms. The highest BCUT2D eigenvalue weighted by Crippen LogP contribution is 2.23. The first-order valence-electron chi connectivity index (χ1n) is 7.98. The zero-order valence-corrected chi connectivity index (χ0v) is 15.0. The number of amides is 1. The fourth-order valence-corrected chi connectivity index (χ4v) is 3.57. The second-order valence-corrected chi connectivity index (χ2v) is 6.92. The van der Waals surface area contributed by atoms with Gasteiger partial charge in [-0.2, -0.15) is 0 Å². The number of nitrogens with one attached hydrogen (secondary N) is 1. The van der Waals surface area contributed by atoms with Crippen LogP contribution in [-0.2, 0) is 11.3 Å². The first-order valence-corrected chi connectivity index (χ1v) is 8.86. The molecule has 0 bridgehead atoms. The Kier molecular flexibility index (Phi) is 4.85. The predicted octanol–water partition coefficient (Wildman–Crippen LogP) is 2.92. The van der Waals surface area contributed by atoms with E-state index in [1.165, 1.54) is 9.95 Å². The number of carbonyl (C=O) groups is 2. The number of carboxylic acids is 1. The van der Waals surface area contributed by atoms with Crippen LogP contribution in [0.1, 0.15) is 35.9 Å². The minimum atomic E-state index is -1.19. The molecule has 134 valence electrons. The van der Waals surface area contributed by atoms with E-state index >= 15 is 0 Å². The van der Waals surface area contributed by atoms with Crippen molar-refractivity contribution in [2.24, 2.45) is 0 Å². The quantitative estimate of drug-likeness (QED) is 0.718. The maximum Gasteiger partial charge on any atom is 0.337 e. The van der Waals surface area contributed by atoms with E-state index in [2.05, 4.69) is 10.3 Å². The lowest BCUT2D eigenvalue weighted by Gasteiger charge is -2.15. The molecule has 8 heteroatoms. The highest BCUT2D eigenvalue weighted by molar-refractivity contribution is 7.17. The van der Waals surface area contributed by atoms with Gasteiger partial charge in [0.2, 0.25) is 5.91 Å². The van der Waals surface area contributed by atoms with Crippen LogP contribution in [0.15, 0.2) is 40.5 Å². The van der Waals surface area contributed by atoms with Gasteiger partial charge in [-0.3, -0.25) is 14.2 Å². The van der Waals surface area contributed by atoms with Crippen molar-refractivity contribution in [3.8, 4) is 0 Å². The molecule has 2 N–H and O–H groups in total.